The molecule has 2 aromatic rings. The third-order valence-corrected chi connectivity index (χ3v) is 3.69. The van der Waals surface area contributed by atoms with E-state index in [4.69, 9.17) is 4.52 Å². The van der Waals surface area contributed by atoms with E-state index < -0.39 is 0 Å². The van der Waals surface area contributed by atoms with E-state index in [9.17, 15) is 4.79 Å². The second kappa shape index (κ2) is 6.03. The highest BCUT2D eigenvalue weighted by Gasteiger charge is 2.35. The van der Waals surface area contributed by atoms with Gasteiger partial charge >= 0.3 is 0 Å². The van der Waals surface area contributed by atoms with E-state index in [1.807, 2.05) is 17.0 Å². The van der Waals surface area contributed by atoms with Crippen LogP contribution in [-0.2, 0) is 4.79 Å². The maximum Gasteiger partial charge on any atom is 0.233 e. The molecule has 0 N–H and O–H groups in total. The molecular formula is C15H18N4O2. The van der Waals surface area contributed by atoms with E-state index in [1.165, 1.54) is 0 Å². The predicted octanol–water partition coefficient (Wildman–Crippen LogP) is 2.25. The van der Waals surface area contributed by atoms with Crippen molar-refractivity contribution in [3.63, 3.8) is 0 Å². The number of aromatic nitrogens is 3. The Labute approximate surface area is 123 Å². The molecule has 3 heterocycles. The fourth-order valence-corrected chi connectivity index (χ4v) is 2.34. The van der Waals surface area contributed by atoms with Gasteiger partial charge < -0.3 is 9.42 Å². The minimum atomic E-state index is 0.161. The molecule has 110 valence electrons. The summed E-state index contributed by atoms with van der Waals surface area (Å²) in [5.41, 5.74) is 0.836. The first kappa shape index (κ1) is 13.7. The van der Waals surface area contributed by atoms with Crippen molar-refractivity contribution in [2.75, 3.05) is 13.1 Å². The van der Waals surface area contributed by atoms with Crippen LogP contribution < -0.4 is 0 Å². The standard InChI is InChI=1S/C15H18N4O2/c1-2-3-6-13(20)19-9-12(10-19)15-17-14(18-21-15)11-5-4-7-16-8-11/h4-5,7-8,12H,2-3,6,9-10H2,1H3. The lowest BCUT2D eigenvalue weighted by molar-refractivity contribution is -0.136. The van der Waals surface area contributed by atoms with Crippen molar-refractivity contribution in [2.45, 2.75) is 32.1 Å². The molecule has 1 saturated heterocycles. The number of rotatable bonds is 5. The zero-order valence-corrected chi connectivity index (χ0v) is 12.0. The summed E-state index contributed by atoms with van der Waals surface area (Å²) in [6.45, 7) is 3.44. The molecule has 0 bridgehead atoms. The normalized spacial score (nSPS) is 15.0. The van der Waals surface area contributed by atoms with E-state index in [1.54, 1.807) is 12.4 Å². The Morgan fingerprint density at radius 1 is 1.48 bits per heavy atom. The summed E-state index contributed by atoms with van der Waals surface area (Å²) >= 11 is 0. The molecule has 0 saturated carbocycles. The predicted molar refractivity (Wildman–Crippen MR) is 76.4 cm³/mol. The molecule has 6 nitrogen and oxygen atoms in total. The molecule has 0 spiro atoms. The van der Waals surface area contributed by atoms with Crippen molar-refractivity contribution in [3.8, 4) is 11.4 Å². The van der Waals surface area contributed by atoms with Gasteiger partial charge in [-0.05, 0) is 18.6 Å². The van der Waals surface area contributed by atoms with Gasteiger partial charge in [-0.15, -0.1) is 0 Å². The van der Waals surface area contributed by atoms with E-state index in [2.05, 4.69) is 22.0 Å². The van der Waals surface area contributed by atoms with Gasteiger partial charge in [0, 0.05) is 37.5 Å². The van der Waals surface area contributed by atoms with Crippen LogP contribution >= 0.6 is 0 Å². The summed E-state index contributed by atoms with van der Waals surface area (Å²) in [7, 11) is 0. The molecule has 6 heteroatoms. The fraction of sp³-hybridized carbons (Fsp3) is 0.467. The molecule has 1 aliphatic rings. The number of carbonyl (C=O) groups excluding carboxylic acids is 1. The van der Waals surface area contributed by atoms with E-state index in [-0.39, 0.29) is 11.8 Å². The molecule has 21 heavy (non-hydrogen) atoms. The zero-order valence-electron chi connectivity index (χ0n) is 12.0. The van der Waals surface area contributed by atoms with Crippen LogP contribution in [0.25, 0.3) is 11.4 Å². The first-order valence-electron chi connectivity index (χ1n) is 7.29. The molecule has 0 unspecified atom stereocenters. The Bertz CT molecular complexity index is 605. The van der Waals surface area contributed by atoms with Gasteiger partial charge in [-0.25, -0.2) is 0 Å². The first-order chi connectivity index (χ1) is 10.3. The van der Waals surface area contributed by atoms with Gasteiger partial charge in [0.05, 0.1) is 5.92 Å². The minimum absolute atomic E-state index is 0.161. The molecule has 0 atom stereocenters. The molecule has 2 aromatic heterocycles. The van der Waals surface area contributed by atoms with Crippen LogP contribution in [0.15, 0.2) is 29.0 Å². The second-order valence-electron chi connectivity index (χ2n) is 5.30. The van der Waals surface area contributed by atoms with Gasteiger partial charge in [-0.3, -0.25) is 9.78 Å². The quantitative estimate of drug-likeness (QED) is 0.843. The van der Waals surface area contributed by atoms with Crippen LogP contribution in [0.5, 0.6) is 0 Å². The third kappa shape index (κ3) is 2.94. The van der Waals surface area contributed by atoms with E-state index in [0.29, 0.717) is 31.2 Å². The van der Waals surface area contributed by atoms with Crippen molar-refractivity contribution < 1.29 is 9.32 Å². The lowest BCUT2D eigenvalue weighted by atomic mass is 9.99. The van der Waals surface area contributed by atoms with Crippen LogP contribution in [0, 0.1) is 0 Å². The average Bonchev–Trinajstić information content (AvgIpc) is 2.94. The van der Waals surface area contributed by atoms with Crippen molar-refractivity contribution in [1.82, 2.24) is 20.0 Å². The minimum Gasteiger partial charge on any atom is -0.341 e. The van der Waals surface area contributed by atoms with Crippen LogP contribution in [0.3, 0.4) is 0 Å². The van der Waals surface area contributed by atoms with Crippen LogP contribution in [0.1, 0.15) is 38.0 Å². The third-order valence-electron chi connectivity index (χ3n) is 3.69. The van der Waals surface area contributed by atoms with Crippen molar-refractivity contribution in [2.24, 2.45) is 0 Å². The summed E-state index contributed by atoms with van der Waals surface area (Å²) in [6.07, 6.45) is 6.03. The van der Waals surface area contributed by atoms with E-state index >= 15 is 0 Å². The highest BCUT2D eigenvalue weighted by Crippen LogP contribution is 2.28. The van der Waals surface area contributed by atoms with Crippen LogP contribution in [0.4, 0.5) is 0 Å². The van der Waals surface area contributed by atoms with E-state index in [0.717, 1.165) is 18.4 Å². The Kier molecular flexibility index (Phi) is 3.94. The summed E-state index contributed by atoms with van der Waals surface area (Å²) in [6, 6.07) is 3.73. The highest BCUT2D eigenvalue weighted by molar-refractivity contribution is 5.77. The number of pyridine rings is 1. The summed E-state index contributed by atoms with van der Waals surface area (Å²) in [5.74, 6) is 1.54. The van der Waals surface area contributed by atoms with Gasteiger partial charge in [0.1, 0.15) is 0 Å². The molecule has 1 amide bonds. The average molecular weight is 286 g/mol. The lowest BCUT2D eigenvalue weighted by Crippen LogP contribution is -2.48. The largest absolute Gasteiger partial charge is 0.341 e. The van der Waals surface area contributed by atoms with Gasteiger partial charge in [-0.2, -0.15) is 4.98 Å². The Balaban J connectivity index is 1.58. The maximum absolute atomic E-state index is 11.8. The molecule has 3 rings (SSSR count). The Morgan fingerprint density at radius 2 is 2.33 bits per heavy atom. The fourth-order valence-electron chi connectivity index (χ4n) is 2.34. The lowest BCUT2D eigenvalue weighted by Gasteiger charge is -2.37. The molecular weight excluding hydrogens is 268 g/mol. The number of unbranched alkanes of at least 4 members (excludes halogenated alkanes) is 1. The first-order valence-corrected chi connectivity index (χ1v) is 7.29. The summed E-state index contributed by atoms with van der Waals surface area (Å²) in [4.78, 5) is 22.1. The number of likely N-dealkylation sites (tertiary alicyclic amines) is 1. The maximum atomic E-state index is 11.8. The van der Waals surface area contributed by atoms with Crippen molar-refractivity contribution >= 4 is 5.91 Å². The highest BCUT2D eigenvalue weighted by atomic mass is 16.5. The molecule has 1 aliphatic heterocycles. The van der Waals surface area contributed by atoms with Crippen LogP contribution in [-0.4, -0.2) is 39.0 Å². The van der Waals surface area contributed by atoms with Gasteiger partial charge in [0.15, 0.2) is 0 Å². The molecule has 0 aromatic carbocycles. The van der Waals surface area contributed by atoms with Crippen molar-refractivity contribution in [3.05, 3.63) is 30.4 Å². The van der Waals surface area contributed by atoms with Gasteiger partial charge in [-0.1, -0.05) is 18.5 Å². The molecule has 0 aliphatic carbocycles. The van der Waals surface area contributed by atoms with Crippen LogP contribution in [0.2, 0.25) is 0 Å². The van der Waals surface area contributed by atoms with Gasteiger partial charge in [0.25, 0.3) is 0 Å². The molecule has 1 fully saturated rings. The smallest absolute Gasteiger partial charge is 0.233 e. The molecule has 0 radical (unpaired) electrons. The Hall–Kier alpha value is -2.24. The topological polar surface area (TPSA) is 72.1 Å². The van der Waals surface area contributed by atoms with Crippen molar-refractivity contribution in [1.29, 1.82) is 0 Å². The van der Waals surface area contributed by atoms with Gasteiger partial charge in [0.2, 0.25) is 17.6 Å². The number of hydrogen-bond acceptors (Lipinski definition) is 5. The number of carbonyl (C=O) groups is 1. The SMILES string of the molecule is CCCCC(=O)N1CC(c2nc(-c3cccnc3)no2)C1. The summed E-state index contributed by atoms with van der Waals surface area (Å²) in [5, 5.41) is 3.98. The number of amides is 1. The zero-order chi connectivity index (χ0) is 14.7. The number of hydrogen-bond donors (Lipinski definition) is 0. The second-order valence-corrected chi connectivity index (χ2v) is 5.30. The Morgan fingerprint density at radius 3 is 3.05 bits per heavy atom. The summed E-state index contributed by atoms with van der Waals surface area (Å²) < 4.78 is 5.31. The monoisotopic (exact) mass is 286 g/mol. The number of nitrogens with zero attached hydrogens (tertiary/aromatic N) is 4.